The van der Waals surface area contributed by atoms with Gasteiger partial charge in [-0.15, -0.1) is 0 Å². The van der Waals surface area contributed by atoms with Crippen LogP contribution in [0.1, 0.15) is 38.5 Å². The Morgan fingerprint density at radius 3 is 2.87 bits per heavy atom. The number of aromatic nitrogens is 4. The van der Waals surface area contributed by atoms with Crippen molar-refractivity contribution in [3.63, 3.8) is 0 Å². The number of nitrogens with zero attached hydrogens (tertiary/aromatic N) is 5. The summed E-state index contributed by atoms with van der Waals surface area (Å²) >= 11 is 0. The smallest absolute Gasteiger partial charge is 0.257 e. The number of amides is 2. The number of carbonyl (C=O) groups excluding carboxylic acids is 2. The minimum atomic E-state index is -0.131. The molecule has 1 aliphatic heterocycles. The third-order valence-corrected chi connectivity index (χ3v) is 5.36. The normalized spacial score (nSPS) is 15.3. The second-order valence-corrected chi connectivity index (χ2v) is 7.52. The predicted octanol–water partition coefficient (Wildman–Crippen LogP) is 1.94. The molecular weight excluding hydrogens is 380 g/mol. The number of hydrogen-bond acceptors (Lipinski definition) is 5. The van der Waals surface area contributed by atoms with Gasteiger partial charge in [-0.25, -0.2) is 0 Å². The fraction of sp³-hybridized carbons (Fsp3) is 0.318. The number of fused-ring (bicyclic) bond motifs is 1. The highest BCUT2D eigenvalue weighted by molar-refractivity contribution is 5.95. The van der Waals surface area contributed by atoms with Crippen molar-refractivity contribution in [1.29, 1.82) is 0 Å². The Morgan fingerprint density at radius 1 is 1.20 bits per heavy atom. The van der Waals surface area contributed by atoms with Crippen molar-refractivity contribution in [3.8, 4) is 0 Å². The van der Waals surface area contributed by atoms with Crippen molar-refractivity contribution in [1.82, 2.24) is 30.0 Å². The molecule has 30 heavy (non-hydrogen) atoms. The van der Waals surface area contributed by atoms with E-state index in [1.54, 1.807) is 48.9 Å². The first-order chi connectivity index (χ1) is 14.6. The van der Waals surface area contributed by atoms with E-state index in [9.17, 15) is 9.59 Å². The topological polar surface area (TPSA) is 93.0 Å². The largest absolute Gasteiger partial charge is 0.352 e. The molecule has 0 fully saturated rings. The summed E-state index contributed by atoms with van der Waals surface area (Å²) < 4.78 is 1.90. The molecule has 0 saturated carbocycles. The number of aryl methyl sites for hydroxylation is 1. The highest BCUT2D eigenvalue weighted by Gasteiger charge is 2.27. The lowest BCUT2D eigenvalue weighted by atomic mass is 9.94. The van der Waals surface area contributed by atoms with E-state index in [2.05, 4.69) is 20.4 Å². The fourth-order valence-corrected chi connectivity index (χ4v) is 3.70. The predicted molar refractivity (Wildman–Crippen MR) is 111 cm³/mol. The second kappa shape index (κ2) is 8.86. The van der Waals surface area contributed by atoms with E-state index in [1.807, 2.05) is 22.9 Å². The molecule has 8 nitrogen and oxygen atoms in total. The molecule has 0 aromatic carbocycles. The van der Waals surface area contributed by atoms with Gasteiger partial charge in [0.15, 0.2) is 0 Å². The van der Waals surface area contributed by atoms with Crippen LogP contribution in [0.2, 0.25) is 0 Å². The van der Waals surface area contributed by atoms with Gasteiger partial charge in [-0.1, -0.05) is 6.07 Å². The van der Waals surface area contributed by atoms with Gasteiger partial charge in [0, 0.05) is 38.7 Å². The van der Waals surface area contributed by atoms with Crippen LogP contribution < -0.4 is 5.32 Å². The summed E-state index contributed by atoms with van der Waals surface area (Å²) in [6.07, 6.45) is 8.18. The Morgan fingerprint density at radius 2 is 2.10 bits per heavy atom. The zero-order chi connectivity index (χ0) is 20.9. The number of hydrogen-bond donors (Lipinski definition) is 1. The molecule has 3 aromatic rings. The molecule has 4 rings (SSSR count). The minimum absolute atomic E-state index is 0.0676. The number of nitrogens with one attached hydrogen (secondary N) is 1. The van der Waals surface area contributed by atoms with Crippen molar-refractivity contribution < 1.29 is 9.59 Å². The van der Waals surface area contributed by atoms with Crippen molar-refractivity contribution in [2.45, 2.75) is 25.9 Å². The Kier molecular flexibility index (Phi) is 5.83. The van der Waals surface area contributed by atoms with Crippen LogP contribution in [0.4, 0.5) is 0 Å². The van der Waals surface area contributed by atoms with Gasteiger partial charge in [0.25, 0.3) is 11.8 Å². The van der Waals surface area contributed by atoms with Crippen molar-refractivity contribution >= 4 is 11.8 Å². The summed E-state index contributed by atoms with van der Waals surface area (Å²) in [4.78, 5) is 35.2. The van der Waals surface area contributed by atoms with Crippen molar-refractivity contribution in [2.75, 3.05) is 13.6 Å². The SMILES string of the molecule is CN(Cc1ccccn1)C(=O)c1cnn2c1C[C@@H](CNC(=O)c1cccnc1)CC2. The first-order valence-electron chi connectivity index (χ1n) is 10.00. The second-order valence-electron chi connectivity index (χ2n) is 7.52. The summed E-state index contributed by atoms with van der Waals surface area (Å²) in [6, 6.07) is 9.15. The van der Waals surface area contributed by atoms with Crippen LogP contribution in [0, 0.1) is 5.92 Å². The lowest BCUT2D eigenvalue weighted by Crippen LogP contribution is -2.34. The molecule has 1 atom stereocenters. The highest BCUT2D eigenvalue weighted by Crippen LogP contribution is 2.24. The summed E-state index contributed by atoms with van der Waals surface area (Å²) in [5.41, 5.74) is 2.94. The molecule has 0 aliphatic carbocycles. The van der Waals surface area contributed by atoms with Crippen LogP contribution in [0.3, 0.4) is 0 Å². The molecule has 0 radical (unpaired) electrons. The zero-order valence-electron chi connectivity index (χ0n) is 16.9. The quantitative estimate of drug-likeness (QED) is 0.678. The Labute approximate surface area is 175 Å². The molecular formula is C22H24N6O2. The molecule has 0 spiro atoms. The number of carbonyl (C=O) groups is 2. The van der Waals surface area contributed by atoms with Gasteiger partial charge < -0.3 is 10.2 Å². The van der Waals surface area contributed by atoms with Crippen molar-refractivity contribution in [3.05, 3.63) is 77.6 Å². The van der Waals surface area contributed by atoms with Crippen LogP contribution in [0.5, 0.6) is 0 Å². The van der Waals surface area contributed by atoms with Crippen molar-refractivity contribution in [2.24, 2.45) is 5.92 Å². The molecule has 1 N–H and O–H groups in total. The first-order valence-corrected chi connectivity index (χ1v) is 10.00. The number of pyridine rings is 2. The standard InChI is InChI=1S/C22H24N6O2/c1-27(15-18-6-2-3-9-24-18)22(30)19-14-26-28-10-7-16(11-20(19)28)12-25-21(29)17-5-4-8-23-13-17/h2-6,8-9,13-14,16H,7,10-12,15H2,1H3,(H,25,29)/t16-/m0/s1. The molecule has 0 bridgehead atoms. The van der Waals surface area contributed by atoms with Gasteiger partial charge in [0.1, 0.15) is 0 Å². The van der Waals surface area contributed by atoms with Crippen LogP contribution in [-0.2, 0) is 19.5 Å². The summed E-state index contributed by atoms with van der Waals surface area (Å²) in [6.45, 7) is 1.73. The maximum atomic E-state index is 13.0. The average Bonchev–Trinajstić information content (AvgIpc) is 3.21. The van der Waals surface area contributed by atoms with Crippen LogP contribution in [-0.4, -0.2) is 50.1 Å². The van der Waals surface area contributed by atoms with Crippen LogP contribution in [0.25, 0.3) is 0 Å². The van der Waals surface area contributed by atoms with E-state index in [-0.39, 0.29) is 17.7 Å². The molecule has 8 heteroatoms. The van der Waals surface area contributed by atoms with Crippen LogP contribution in [0.15, 0.2) is 55.1 Å². The van der Waals surface area contributed by atoms with E-state index >= 15 is 0 Å². The highest BCUT2D eigenvalue weighted by atomic mass is 16.2. The Balaban J connectivity index is 1.39. The third kappa shape index (κ3) is 4.37. The van der Waals surface area contributed by atoms with E-state index in [0.29, 0.717) is 30.6 Å². The first kappa shape index (κ1) is 19.8. The molecule has 1 aliphatic rings. The van der Waals surface area contributed by atoms with Gasteiger partial charge >= 0.3 is 0 Å². The summed E-state index contributed by atoms with van der Waals surface area (Å²) in [5, 5.41) is 7.39. The fourth-order valence-electron chi connectivity index (χ4n) is 3.70. The van der Waals surface area contributed by atoms with E-state index < -0.39 is 0 Å². The summed E-state index contributed by atoms with van der Waals surface area (Å²) in [5.74, 6) is 0.0537. The van der Waals surface area contributed by atoms with Gasteiger partial charge in [0.05, 0.1) is 35.3 Å². The Bertz CT molecular complexity index is 1020. The maximum Gasteiger partial charge on any atom is 0.257 e. The lowest BCUT2D eigenvalue weighted by molar-refractivity contribution is 0.0780. The third-order valence-electron chi connectivity index (χ3n) is 5.36. The molecule has 4 heterocycles. The molecule has 154 valence electrons. The average molecular weight is 404 g/mol. The van der Waals surface area contributed by atoms with Gasteiger partial charge in [-0.3, -0.25) is 24.2 Å². The van der Waals surface area contributed by atoms with Gasteiger partial charge in [0.2, 0.25) is 0 Å². The lowest BCUT2D eigenvalue weighted by Gasteiger charge is -2.25. The molecule has 2 amide bonds. The maximum absolute atomic E-state index is 13.0. The Hall–Kier alpha value is -3.55. The molecule has 0 unspecified atom stereocenters. The van der Waals surface area contributed by atoms with Gasteiger partial charge in [-0.05, 0) is 43.0 Å². The summed E-state index contributed by atoms with van der Waals surface area (Å²) in [7, 11) is 1.77. The van der Waals surface area contributed by atoms with E-state index in [1.165, 1.54) is 0 Å². The van der Waals surface area contributed by atoms with Gasteiger partial charge in [-0.2, -0.15) is 5.10 Å². The number of rotatable bonds is 6. The van der Waals surface area contributed by atoms with Crippen LogP contribution >= 0.6 is 0 Å². The zero-order valence-corrected chi connectivity index (χ0v) is 16.9. The molecule has 3 aromatic heterocycles. The molecule has 0 saturated heterocycles. The monoisotopic (exact) mass is 404 g/mol. The van der Waals surface area contributed by atoms with E-state index in [4.69, 9.17) is 0 Å². The minimum Gasteiger partial charge on any atom is -0.352 e. The van der Waals surface area contributed by atoms with E-state index in [0.717, 1.165) is 24.4 Å².